The topological polar surface area (TPSA) is 151 Å². The number of hydrogen-bond donors (Lipinski definition) is 1. The Hall–Kier alpha value is -6.01. The largest absolute Gasteiger partial charge is 0.354 e. The Morgan fingerprint density at radius 1 is 0.606 bits per heavy atom. The van der Waals surface area contributed by atoms with Crippen LogP contribution in [0.5, 0.6) is 0 Å². The predicted octanol–water partition coefficient (Wildman–Crippen LogP) is 9.07. The molecule has 6 heterocycles. The second-order valence-electron chi connectivity index (χ2n) is 18.7. The molecule has 0 aliphatic carbocycles. The predicted molar refractivity (Wildman–Crippen MR) is 284 cm³/mol. The third-order valence-corrected chi connectivity index (χ3v) is 17.4. The Morgan fingerprint density at radius 3 is 1.59 bits per heavy atom. The van der Waals surface area contributed by atoms with E-state index in [1.807, 2.05) is 26.0 Å². The number of piperidine rings is 2. The molecule has 2 aliphatic heterocycles. The van der Waals surface area contributed by atoms with Crippen LogP contribution in [0.1, 0.15) is 48.9 Å². The molecule has 10 rings (SSSR count). The minimum absolute atomic E-state index is 0.204. The molecule has 17 heteroatoms. The van der Waals surface area contributed by atoms with E-state index in [1.54, 1.807) is 60.8 Å². The summed E-state index contributed by atoms with van der Waals surface area (Å²) >= 11 is 5.93. The number of nitrogens with one attached hydrogen (secondary N) is 1. The standard InChI is InChI=1S/C27H31N5O2S.C14H22N2.C13H10ClN3O2S/c1-20-9-11-23(12-10-20)35(33,34)32-16-14-24-26(28-19-29-27(24)32)30(3)25-18-31(15-13-21(25)2)17-22-7-5-4-6-8-22;1-12-8-9-16(11-14(12)15-2)10-13-6-4-3-5-7-13;1-9-2-4-10(5-3-9)20(18,19)17-7-6-11-12(14)15-8-16-13(11)17/h4-12,14,16,19,21,25H,13,15,17-18H2,1-3H3;3-7,12,14-15H,8-11H2,1-2H3;2-8H,1H3. The number of halogens is 1. The zero-order chi connectivity index (χ0) is 50.3. The maximum Gasteiger partial charge on any atom is 0.269 e. The average molecular weight is 1020 g/mol. The highest BCUT2D eigenvalue weighted by Crippen LogP contribution is 2.32. The highest BCUT2D eigenvalue weighted by molar-refractivity contribution is 7.90. The van der Waals surface area contributed by atoms with Crippen molar-refractivity contribution >= 4 is 59.5 Å². The molecule has 0 spiro atoms. The van der Waals surface area contributed by atoms with Crippen LogP contribution in [0, 0.1) is 25.7 Å². The Balaban J connectivity index is 0.000000158. The van der Waals surface area contributed by atoms with Crippen LogP contribution in [0.4, 0.5) is 5.82 Å². The van der Waals surface area contributed by atoms with Gasteiger partial charge in [-0.3, -0.25) is 9.80 Å². The maximum atomic E-state index is 13.4. The second-order valence-corrected chi connectivity index (χ2v) is 22.7. The molecule has 4 aromatic heterocycles. The van der Waals surface area contributed by atoms with Gasteiger partial charge in [-0.25, -0.2) is 44.7 Å². The lowest BCUT2D eigenvalue weighted by Crippen LogP contribution is -2.50. The van der Waals surface area contributed by atoms with E-state index in [9.17, 15) is 16.8 Å². The van der Waals surface area contributed by atoms with Crippen LogP contribution in [0.25, 0.3) is 22.1 Å². The number of aryl methyl sites for hydroxylation is 2. The van der Waals surface area contributed by atoms with Crippen molar-refractivity contribution in [2.24, 2.45) is 11.8 Å². The number of likely N-dealkylation sites (N-methyl/N-ethyl adjacent to an activating group) is 2. The molecule has 0 radical (unpaired) electrons. The summed E-state index contributed by atoms with van der Waals surface area (Å²) in [5, 5.41) is 4.90. The van der Waals surface area contributed by atoms with Crippen molar-refractivity contribution in [1.29, 1.82) is 0 Å². The number of fused-ring (bicyclic) bond motifs is 2. The van der Waals surface area contributed by atoms with E-state index in [0.29, 0.717) is 23.0 Å². The average Bonchev–Trinajstić information content (AvgIpc) is 4.04. The van der Waals surface area contributed by atoms with Gasteiger partial charge in [-0.1, -0.05) is 122 Å². The fraction of sp³-hybridized carbons (Fsp3) is 0.333. The fourth-order valence-electron chi connectivity index (χ4n) is 9.39. The van der Waals surface area contributed by atoms with Gasteiger partial charge in [0, 0.05) is 57.7 Å². The Labute approximate surface area is 423 Å². The summed E-state index contributed by atoms with van der Waals surface area (Å²) in [6.07, 6.45) is 8.12. The van der Waals surface area contributed by atoms with Gasteiger partial charge in [0.1, 0.15) is 23.6 Å². The van der Waals surface area contributed by atoms with Gasteiger partial charge < -0.3 is 10.2 Å². The molecule has 0 bridgehead atoms. The van der Waals surface area contributed by atoms with Crippen LogP contribution in [0.15, 0.2) is 156 Å². The maximum absolute atomic E-state index is 13.4. The number of nitrogens with zero attached hydrogens (tertiary/aromatic N) is 9. The lowest BCUT2D eigenvalue weighted by atomic mass is 9.92. The van der Waals surface area contributed by atoms with Crippen molar-refractivity contribution < 1.29 is 16.8 Å². The van der Waals surface area contributed by atoms with Crippen molar-refractivity contribution in [3.8, 4) is 0 Å². The summed E-state index contributed by atoms with van der Waals surface area (Å²) in [7, 11) is -3.32. The van der Waals surface area contributed by atoms with Crippen molar-refractivity contribution in [2.75, 3.05) is 45.2 Å². The minimum atomic E-state index is -3.76. The van der Waals surface area contributed by atoms with Gasteiger partial charge in [0.2, 0.25) is 0 Å². The van der Waals surface area contributed by atoms with E-state index in [-0.39, 0.29) is 26.6 Å². The highest BCUT2D eigenvalue weighted by Gasteiger charge is 2.32. The lowest BCUT2D eigenvalue weighted by molar-refractivity contribution is 0.147. The van der Waals surface area contributed by atoms with E-state index in [1.165, 1.54) is 53.5 Å². The van der Waals surface area contributed by atoms with Crippen LogP contribution in [-0.2, 0) is 33.1 Å². The summed E-state index contributed by atoms with van der Waals surface area (Å²) in [5.74, 6) is 2.04. The molecule has 0 saturated carbocycles. The van der Waals surface area contributed by atoms with Crippen molar-refractivity contribution in [1.82, 2.24) is 43.0 Å². The van der Waals surface area contributed by atoms with Crippen LogP contribution < -0.4 is 10.2 Å². The highest BCUT2D eigenvalue weighted by atomic mass is 35.5. The number of anilines is 1. The summed E-state index contributed by atoms with van der Waals surface area (Å²) in [6, 6.07) is 39.1. The summed E-state index contributed by atoms with van der Waals surface area (Å²) < 4.78 is 54.3. The molecule has 71 heavy (non-hydrogen) atoms. The van der Waals surface area contributed by atoms with Gasteiger partial charge in [-0.2, -0.15) is 0 Å². The van der Waals surface area contributed by atoms with Crippen molar-refractivity contribution in [3.63, 3.8) is 0 Å². The monoisotopic (exact) mass is 1010 g/mol. The van der Waals surface area contributed by atoms with Gasteiger partial charge in [0.05, 0.1) is 20.6 Å². The normalized spacial score (nSPS) is 18.9. The third kappa shape index (κ3) is 11.9. The van der Waals surface area contributed by atoms with E-state index in [0.717, 1.165) is 64.8 Å². The first-order chi connectivity index (χ1) is 34.1. The molecule has 4 unspecified atom stereocenters. The van der Waals surface area contributed by atoms with Crippen LogP contribution >= 0.6 is 11.6 Å². The summed E-state index contributed by atoms with van der Waals surface area (Å²) in [6.45, 7) is 14.9. The molecule has 0 amide bonds. The first-order valence-electron chi connectivity index (χ1n) is 24.0. The molecule has 2 saturated heterocycles. The first-order valence-corrected chi connectivity index (χ1v) is 27.3. The number of likely N-dealkylation sites (tertiary alicyclic amines) is 2. The van der Waals surface area contributed by atoms with E-state index in [4.69, 9.17) is 11.6 Å². The Morgan fingerprint density at radius 2 is 1.07 bits per heavy atom. The number of hydrogen-bond acceptors (Lipinski definition) is 12. The van der Waals surface area contributed by atoms with Crippen LogP contribution in [0.2, 0.25) is 5.15 Å². The minimum Gasteiger partial charge on any atom is -0.354 e. The van der Waals surface area contributed by atoms with E-state index in [2.05, 4.69) is 122 Å². The van der Waals surface area contributed by atoms with Gasteiger partial charge in [-0.05, 0) is 106 Å². The molecular weight excluding hydrogens is 952 g/mol. The zero-order valence-electron chi connectivity index (χ0n) is 41.2. The molecule has 2 aliphatic rings. The van der Waals surface area contributed by atoms with Crippen molar-refractivity contribution in [2.45, 2.75) is 75.5 Å². The number of rotatable bonds is 11. The van der Waals surface area contributed by atoms with E-state index < -0.39 is 20.0 Å². The second kappa shape index (κ2) is 22.6. The summed E-state index contributed by atoms with van der Waals surface area (Å²) in [5.41, 5.74) is 5.40. The number of benzene rings is 4. The smallest absolute Gasteiger partial charge is 0.269 e. The quantitative estimate of drug-likeness (QED) is 0.123. The lowest BCUT2D eigenvalue weighted by Gasteiger charge is -2.42. The van der Waals surface area contributed by atoms with Gasteiger partial charge >= 0.3 is 0 Å². The van der Waals surface area contributed by atoms with Gasteiger partial charge in [0.25, 0.3) is 20.0 Å². The molecule has 14 nitrogen and oxygen atoms in total. The van der Waals surface area contributed by atoms with Crippen molar-refractivity contribution in [3.05, 3.63) is 174 Å². The molecule has 1 N–H and O–H groups in total. The SMILES string of the molecule is CNC1CN(Cc2ccccc2)CCC1C.Cc1ccc(S(=O)(=O)n2ccc3c(Cl)ncnc32)cc1.Cc1ccc(S(=O)(=O)n2ccc3c(N(C)C4CN(Cc5ccccc5)CCC4C)ncnc32)cc1. The van der Waals surface area contributed by atoms with E-state index >= 15 is 0 Å². The Bertz CT molecular complexity index is 3250. The van der Waals surface area contributed by atoms with Gasteiger partial charge in [0.15, 0.2) is 11.3 Å². The molecular formula is C54H63ClN10O4S2. The van der Waals surface area contributed by atoms with Gasteiger partial charge in [-0.15, -0.1) is 0 Å². The molecule has 4 aromatic carbocycles. The molecule has 8 aromatic rings. The van der Waals surface area contributed by atoms with Crippen LogP contribution in [-0.4, -0.2) is 107 Å². The number of aromatic nitrogens is 6. The molecule has 4 atom stereocenters. The first kappa shape index (κ1) is 51.3. The Kier molecular flexibility index (Phi) is 16.3. The fourth-order valence-corrected chi connectivity index (χ4v) is 12.2. The molecule has 372 valence electrons. The zero-order valence-corrected chi connectivity index (χ0v) is 43.6. The molecule has 2 fully saturated rings. The third-order valence-electron chi connectivity index (χ3n) is 13.7. The van der Waals surface area contributed by atoms with Crippen LogP contribution in [0.3, 0.4) is 0 Å². The summed E-state index contributed by atoms with van der Waals surface area (Å²) in [4.78, 5) is 24.5.